The first-order chi connectivity index (χ1) is 25.4. The lowest BCUT2D eigenvalue weighted by molar-refractivity contribution is -0.145. The fraction of sp³-hybridized carbons (Fsp3) is 0.359. The van der Waals surface area contributed by atoms with Gasteiger partial charge in [0.25, 0.3) is 5.91 Å². The number of rotatable bonds is 12. The molecular weight excluding hydrogens is 745 g/mol. The molecule has 1 fully saturated rings. The van der Waals surface area contributed by atoms with Gasteiger partial charge in [-0.2, -0.15) is 13.2 Å². The Morgan fingerprint density at radius 3 is 2.37 bits per heavy atom. The lowest BCUT2D eigenvalue weighted by Gasteiger charge is -2.42. The zero-order valence-electron chi connectivity index (χ0n) is 30.1. The van der Waals surface area contributed by atoms with E-state index in [0.717, 1.165) is 17.7 Å². The molecule has 3 amide bonds. The number of ether oxygens (including phenoxy) is 1. The first kappa shape index (κ1) is 39.2. The predicted octanol–water partition coefficient (Wildman–Crippen LogP) is 8.15. The van der Waals surface area contributed by atoms with Crippen molar-refractivity contribution in [3.63, 3.8) is 0 Å². The van der Waals surface area contributed by atoms with Crippen LogP contribution in [0.15, 0.2) is 90.4 Å². The molecule has 3 aromatic carbocycles. The second-order valence-electron chi connectivity index (χ2n) is 14.7. The van der Waals surface area contributed by atoms with Gasteiger partial charge >= 0.3 is 6.18 Å². The Morgan fingerprint density at radius 2 is 1.76 bits per heavy atom. The van der Waals surface area contributed by atoms with Crippen molar-refractivity contribution in [1.29, 1.82) is 0 Å². The Kier molecular flexibility index (Phi) is 10.6. The second-order valence-corrected chi connectivity index (χ2v) is 17.3. The molecule has 1 heterocycles. The number of benzene rings is 3. The quantitative estimate of drug-likeness (QED) is 0.137. The van der Waals surface area contributed by atoms with Gasteiger partial charge in [0, 0.05) is 36.0 Å². The van der Waals surface area contributed by atoms with E-state index in [2.05, 4.69) is 21.9 Å². The van der Waals surface area contributed by atoms with Gasteiger partial charge in [0.05, 0.1) is 17.6 Å². The maximum absolute atomic E-state index is 14.7. The molecule has 6 rings (SSSR count). The summed E-state index contributed by atoms with van der Waals surface area (Å²) in [6, 6.07) is 14.5. The number of nitrogens with one attached hydrogen (secondary N) is 3. The number of alkyl halides is 3. The van der Waals surface area contributed by atoms with Gasteiger partial charge in [-0.05, 0) is 71.5 Å². The van der Waals surface area contributed by atoms with Crippen molar-refractivity contribution in [2.75, 3.05) is 12.4 Å². The average molecular weight is 787 g/mol. The zero-order valence-corrected chi connectivity index (χ0v) is 31.7. The minimum Gasteiger partial charge on any atom is -0.457 e. The summed E-state index contributed by atoms with van der Waals surface area (Å²) in [5.74, 6) is -1.33. The molecule has 3 aliphatic rings. The van der Waals surface area contributed by atoms with Crippen LogP contribution in [0.5, 0.6) is 11.5 Å². The second kappa shape index (κ2) is 14.6. The van der Waals surface area contributed by atoms with Crippen molar-refractivity contribution in [3.8, 4) is 11.5 Å². The molecule has 1 aliphatic heterocycles. The van der Waals surface area contributed by atoms with Gasteiger partial charge in [0.1, 0.15) is 29.1 Å². The Morgan fingerprint density at radius 1 is 1.06 bits per heavy atom. The van der Waals surface area contributed by atoms with E-state index in [1.54, 1.807) is 75.4 Å². The highest BCUT2D eigenvalue weighted by molar-refractivity contribution is 8.27. The van der Waals surface area contributed by atoms with Crippen LogP contribution in [0, 0.1) is 11.3 Å². The molecule has 3 aromatic rings. The highest BCUT2D eigenvalue weighted by atomic mass is 35.5. The molecule has 288 valence electrons. The van der Waals surface area contributed by atoms with Gasteiger partial charge in [0.2, 0.25) is 11.8 Å². The zero-order chi connectivity index (χ0) is 39.2. The van der Waals surface area contributed by atoms with Crippen LogP contribution in [0.25, 0.3) is 0 Å². The lowest BCUT2D eigenvalue weighted by Crippen LogP contribution is -2.61. The molecule has 5 atom stereocenters. The largest absolute Gasteiger partial charge is 0.457 e. The van der Waals surface area contributed by atoms with Gasteiger partial charge in [-0.25, -0.2) is 4.72 Å². The van der Waals surface area contributed by atoms with Crippen LogP contribution in [0.1, 0.15) is 50.3 Å². The van der Waals surface area contributed by atoms with Crippen molar-refractivity contribution in [3.05, 3.63) is 112 Å². The molecule has 0 radical (unpaired) electrons. The Balaban J connectivity index is 1.34. The van der Waals surface area contributed by atoms with Crippen LogP contribution < -0.4 is 20.1 Å². The van der Waals surface area contributed by atoms with Gasteiger partial charge in [-0.1, -0.05) is 73.5 Å². The fourth-order valence-corrected chi connectivity index (χ4v) is 8.13. The number of halogens is 4. The van der Waals surface area contributed by atoms with E-state index in [4.69, 9.17) is 20.5 Å². The molecule has 2 aliphatic carbocycles. The topological polar surface area (TPSA) is 129 Å². The van der Waals surface area contributed by atoms with Crippen LogP contribution in [0.3, 0.4) is 0 Å². The minimum atomic E-state index is -4.60. The monoisotopic (exact) mass is 786 g/mol. The average Bonchev–Trinajstić information content (AvgIpc) is 4.05. The summed E-state index contributed by atoms with van der Waals surface area (Å²) in [6.07, 6.45) is -0.619. The van der Waals surface area contributed by atoms with E-state index >= 15 is 0 Å². The Bertz CT molecular complexity index is 2020. The van der Waals surface area contributed by atoms with Crippen LogP contribution in [0.4, 0.5) is 18.9 Å². The van der Waals surface area contributed by atoms with Crippen molar-refractivity contribution in [1.82, 2.24) is 14.9 Å². The molecule has 54 heavy (non-hydrogen) atoms. The summed E-state index contributed by atoms with van der Waals surface area (Å²) in [5.41, 5.74) is -1.66. The number of anilines is 1. The highest BCUT2D eigenvalue weighted by Crippen LogP contribution is 2.57. The van der Waals surface area contributed by atoms with Gasteiger partial charge < -0.3 is 20.3 Å². The number of nitrogens with zero attached hydrogens (tertiary/aromatic N) is 1. The molecule has 4 N–H and O–H groups in total. The van der Waals surface area contributed by atoms with E-state index in [9.17, 15) is 32.1 Å². The SMILES string of the molecule is C=CC1CC1(NC(=O)C1Cc2cc(Oc3cccc(Cl)c3)ccc2CN1C(=O)C(Nc1cccc(C(F)(F)F)c1)C(C)(C)C)C(=O)NS(O)(OC)C1=CC1. The summed E-state index contributed by atoms with van der Waals surface area (Å²) < 4.78 is 65.8. The van der Waals surface area contributed by atoms with Gasteiger partial charge in [-0.3, -0.25) is 23.1 Å². The van der Waals surface area contributed by atoms with Crippen LogP contribution >= 0.6 is 22.4 Å². The summed E-state index contributed by atoms with van der Waals surface area (Å²) in [5, 5.41) is 6.40. The van der Waals surface area contributed by atoms with Gasteiger partial charge in [0.15, 0.2) is 0 Å². The molecule has 5 unspecified atom stereocenters. The number of allylic oxidation sites excluding steroid dienone is 2. The Hall–Kier alpha value is -4.50. The van der Waals surface area contributed by atoms with E-state index in [1.807, 2.05) is 0 Å². The summed E-state index contributed by atoms with van der Waals surface area (Å²) in [7, 11) is -1.79. The molecule has 15 heteroatoms. The minimum absolute atomic E-state index is 0.0215. The number of fused-ring (bicyclic) bond motifs is 1. The first-order valence-corrected chi connectivity index (χ1v) is 19.1. The van der Waals surface area contributed by atoms with Crippen molar-refractivity contribution in [2.24, 2.45) is 11.3 Å². The summed E-state index contributed by atoms with van der Waals surface area (Å²) in [4.78, 5) is 45.0. The predicted molar refractivity (Wildman–Crippen MR) is 202 cm³/mol. The normalized spacial score (nSPS) is 22.7. The molecule has 0 saturated heterocycles. The number of hydrogen-bond acceptors (Lipinski definition) is 7. The summed E-state index contributed by atoms with van der Waals surface area (Å²) >= 11 is 6.15. The Labute approximate surface area is 318 Å². The van der Waals surface area contributed by atoms with Crippen LogP contribution in [-0.4, -0.2) is 51.9 Å². The van der Waals surface area contributed by atoms with Crippen molar-refractivity contribution in [2.45, 2.75) is 70.4 Å². The number of hydrogen-bond donors (Lipinski definition) is 4. The van der Waals surface area contributed by atoms with E-state index in [1.165, 1.54) is 24.1 Å². The van der Waals surface area contributed by atoms with Gasteiger partial charge in [-0.15, -0.1) is 6.58 Å². The smallest absolute Gasteiger partial charge is 0.416 e. The summed E-state index contributed by atoms with van der Waals surface area (Å²) in [6.45, 7) is 9.12. The van der Waals surface area contributed by atoms with E-state index in [0.29, 0.717) is 33.4 Å². The molecule has 0 bridgehead atoms. The van der Waals surface area contributed by atoms with Crippen LogP contribution in [0.2, 0.25) is 5.02 Å². The molecule has 10 nitrogen and oxygen atoms in total. The van der Waals surface area contributed by atoms with Crippen LogP contribution in [-0.2, 0) is 37.7 Å². The molecule has 0 aromatic heterocycles. The molecular formula is C39H42ClF3N4O6S. The maximum Gasteiger partial charge on any atom is 0.416 e. The third kappa shape index (κ3) is 8.26. The third-order valence-corrected chi connectivity index (χ3v) is 12.0. The first-order valence-electron chi connectivity index (χ1n) is 17.2. The number of carbonyl (C=O) groups excluding carboxylic acids is 3. The maximum atomic E-state index is 14.7. The van der Waals surface area contributed by atoms with Crippen molar-refractivity contribution < 1.29 is 41.0 Å². The number of carbonyl (C=O) groups is 3. The van der Waals surface area contributed by atoms with E-state index < -0.39 is 69.2 Å². The van der Waals surface area contributed by atoms with E-state index in [-0.39, 0.29) is 25.1 Å². The number of amides is 3. The molecule has 1 saturated carbocycles. The fourth-order valence-electron chi connectivity index (χ4n) is 6.56. The third-order valence-electron chi connectivity index (χ3n) is 9.79. The highest BCUT2D eigenvalue weighted by Gasteiger charge is 2.61. The lowest BCUT2D eigenvalue weighted by atomic mass is 9.84. The van der Waals surface area contributed by atoms with Crippen molar-refractivity contribution >= 4 is 45.8 Å². The standard InChI is InChI=1S/C39H42ClF3N4O6S/c1-6-25-21-38(25,36(50)46-54(51,52-5)31-15-16-31)45-34(48)32-18-24-17-30(53-29-12-8-10-27(40)20-29)14-13-23(24)22-47(32)35(49)33(37(2,3)4)44-28-11-7-9-26(19-28)39(41,42)43/h6-15,17,19-20,25,32-33,44,51H,1,16,18,21-22H2,2-5H3,(H,45,48)(H,46,50). The molecule has 0 spiro atoms.